The number of aliphatic hydroxyl groups excluding tert-OH is 1. The predicted molar refractivity (Wildman–Crippen MR) is 51.0 cm³/mol. The number of carbonyl (C=O) groups is 1. The van der Waals surface area contributed by atoms with Crippen molar-refractivity contribution in [2.45, 2.75) is 13.0 Å². The van der Waals surface area contributed by atoms with Crippen molar-refractivity contribution in [1.82, 2.24) is 10.8 Å². The molecule has 3 N–H and O–H groups in total. The molecule has 0 saturated heterocycles. The zero-order chi connectivity index (χ0) is 10.4. The van der Waals surface area contributed by atoms with Gasteiger partial charge in [0.05, 0.1) is 6.10 Å². The van der Waals surface area contributed by atoms with Gasteiger partial charge in [0, 0.05) is 12.1 Å². The van der Waals surface area contributed by atoms with E-state index in [1.807, 2.05) is 0 Å². The van der Waals surface area contributed by atoms with E-state index in [4.69, 9.17) is 9.94 Å². The van der Waals surface area contributed by atoms with Crippen LogP contribution in [0.2, 0.25) is 0 Å². The second-order valence-corrected chi connectivity index (χ2v) is 3.02. The Hall–Kier alpha value is -1.33. The van der Waals surface area contributed by atoms with Crippen LogP contribution >= 0.6 is 0 Å². The molecular formula is C9H14N2O3. The van der Waals surface area contributed by atoms with Gasteiger partial charge < -0.3 is 10.4 Å². The van der Waals surface area contributed by atoms with Gasteiger partial charge in [0.15, 0.2) is 0 Å². The number of allylic oxidation sites excluding steroid dienone is 2. The van der Waals surface area contributed by atoms with Crippen LogP contribution in [-0.2, 0) is 9.63 Å². The highest BCUT2D eigenvalue weighted by Crippen LogP contribution is 1.98. The van der Waals surface area contributed by atoms with Crippen molar-refractivity contribution in [3.05, 3.63) is 23.9 Å². The molecule has 1 atom stereocenters. The van der Waals surface area contributed by atoms with Crippen LogP contribution in [-0.4, -0.2) is 30.3 Å². The maximum absolute atomic E-state index is 11.3. The lowest BCUT2D eigenvalue weighted by molar-refractivity contribution is -0.131. The molecule has 0 radical (unpaired) electrons. The van der Waals surface area contributed by atoms with Crippen LogP contribution in [0, 0.1) is 0 Å². The summed E-state index contributed by atoms with van der Waals surface area (Å²) in [5.74, 6) is -0.289. The molecule has 1 heterocycles. The quantitative estimate of drug-likeness (QED) is 0.530. The van der Waals surface area contributed by atoms with Crippen LogP contribution in [0.5, 0.6) is 0 Å². The highest BCUT2D eigenvalue weighted by atomic mass is 16.7. The van der Waals surface area contributed by atoms with Crippen LogP contribution in [0.25, 0.3) is 0 Å². The van der Waals surface area contributed by atoms with Crippen LogP contribution in [0.3, 0.4) is 0 Å². The Balaban J connectivity index is 2.27. The van der Waals surface area contributed by atoms with Crippen molar-refractivity contribution in [1.29, 1.82) is 0 Å². The molecule has 1 amide bonds. The summed E-state index contributed by atoms with van der Waals surface area (Å²) in [5.41, 5.74) is 2.84. The maximum atomic E-state index is 11.3. The van der Waals surface area contributed by atoms with Gasteiger partial charge in [0.2, 0.25) is 0 Å². The Labute approximate surface area is 82.4 Å². The van der Waals surface area contributed by atoms with E-state index in [1.54, 1.807) is 25.3 Å². The Bertz CT molecular complexity index is 259. The van der Waals surface area contributed by atoms with E-state index in [9.17, 15) is 4.79 Å². The molecule has 0 fully saturated rings. The molecule has 0 aromatic carbocycles. The molecule has 1 rings (SSSR count). The second kappa shape index (κ2) is 5.41. The molecule has 1 aliphatic heterocycles. The molecule has 1 aliphatic rings. The van der Waals surface area contributed by atoms with Crippen LogP contribution in [0.15, 0.2) is 23.9 Å². The second-order valence-electron chi connectivity index (χ2n) is 3.02. The monoisotopic (exact) mass is 198 g/mol. The van der Waals surface area contributed by atoms with Gasteiger partial charge in [-0.25, -0.2) is 5.48 Å². The summed E-state index contributed by atoms with van der Waals surface area (Å²) >= 11 is 0. The van der Waals surface area contributed by atoms with Gasteiger partial charge in [-0.1, -0.05) is 6.08 Å². The molecule has 78 valence electrons. The lowest BCUT2D eigenvalue weighted by atomic mass is 10.2. The van der Waals surface area contributed by atoms with Crippen molar-refractivity contribution < 1.29 is 14.7 Å². The predicted octanol–water partition coefficient (Wildman–Crippen LogP) is -0.542. The molecule has 0 bridgehead atoms. The minimum Gasteiger partial charge on any atom is -0.391 e. The zero-order valence-corrected chi connectivity index (χ0v) is 7.99. The molecule has 5 heteroatoms. The topological polar surface area (TPSA) is 70.6 Å². The normalized spacial score (nSPS) is 16.9. The van der Waals surface area contributed by atoms with Gasteiger partial charge in [0.25, 0.3) is 5.91 Å². The van der Waals surface area contributed by atoms with Crippen molar-refractivity contribution >= 4 is 5.91 Å². The fourth-order valence-corrected chi connectivity index (χ4v) is 0.909. The van der Waals surface area contributed by atoms with Crippen molar-refractivity contribution in [2.75, 3.05) is 13.2 Å². The number of carbonyl (C=O) groups excluding carboxylic acids is 1. The molecule has 1 unspecified atom stereocenters. The van der Waals surface area contributed by atoms with Gasteiger partial charge >= 0.3 is 0 Å². The van der Waals surface area contributed by atoms with Crippen molar-refractivity contribution in [3.8, 4) is 0 Å². The summed E-state index contributed by atoms with van der Waals surface area (Å²) in [6, 6.07) is 0. The molecule has 0 aromatic rings. The lowest BCUT2D eigenvalue weighted by Crippen LogP contribution is -2.32. The van der Waals surface area contributed by atoms with E-state index in [2.05, 4.69) is 10.8 Å². The zero-order valence-electron chi connectivity index (χ0n) is 7.99. The van der Waals surface area contributed by atoms with Gasteiger partial charge in [-0.15, -0.1) is 0 Å². The summed E-state index contributed by atoms with van der Waals surface area (Å²) in [4.78, 5) is 16.1. The first-order valence-electron chi connectivity index (χ1n) is 4.39. The highest BCUT2D eigenvalue weighted by Gasteiger charge is 2.09. The number of hydrogen-bond acceptors (Lipinski definition) is 4. The van der Waals surface area contributed by atoms with Gasteiger partial charge in [0.1, 0.15) is 6.61 Å². The van der Waals surface area contributed by atoms with Crippen molar-refractivity contribution in [2.24, 2.45) is 0 Å². The van der Waals surface area contributed by atoms with Crippen LogP contribution in [0.4, 0.5) is 0 Å². The first kappa shape index (κ1) is 10.7. The summed E-state index contributed by atoms with van der Waals surface area (Å²) < 4.78 is 0. The average molecular weight is 198 g/mol. The molecule has 0 aromatic heterocycles. The summed E-state index contributed by atoms with van der Waals surface area (Å²) in [6.07, 6.45) is 4.62. The first-order valence-corrected chi connectivity index (χ1v) is 4.39. The number of dihydropyridines is 1. The summed E-state index contributed by atoms with van der Waals surface area (Å²) in [6.45, 7) is 2.15. The first-order chi connectivity index (χ1) is 6.70. The van der Waals surface area contributed by atoms with Crippen molar-refractivity contribution in [3.63, 3.8) is 0 Å². The maximum Gasteiger partial charge on any atom is 0.272 e. The SMILES string of the molecule is CC(O)CONC(=O)C1=CC=CNC1. The lowest BCUT2D eigenvalue weighted by Gasteiger charge is -2.11. The Morgan fingerprint density at radius 1 is 1.86 bits per heavy atom. The Kier molecular flexibility index (Phi) is 4.15. The number of amides is 1. The molecule has 0 saturated carbocycles. The number of rotatable bonds is 4. The highest BCUT2D eigenvalue weighted by molar-refractivity contribution is 5.93. The number of aliphatic hydroxyl groups is 1. The molecular weight excluding hydrogens is 184 g/mol. The largest absolute Gasteiger partial charge is 0.391 e. The van der Waals surface area contributed by atoms with Gasteiger partial charge in [-0.2, -0.15) is 0 Å². The van der Waals surface area contributed by atoms with Crippen LogP contribution < -0.4 is 10.8 Å². The number of nitrogens with one attached hydrogen (secondary N) is 2. The minimum absolute atomic E-state index is 0.0856. The third kappa shape index (κ3) is 3.59. The Morgan fingerprint density at radius 2 is 2.64 bits per heavy atom. The fourth-order valence-electron chi connectivity index (χ4n) is 0.909. The number of hydrogen-bond donors (Lipinski definition) is 3. The third-order valence-corrected chi connectivity index (χ3v) is 1.59. The van der Waals surface area contributed by atoms with Crippen LogP contribution in [0.1, 0.15) is 6.92 Å². The molecule has 0 spiro atoms. The minimum atomic E-state index is -0.589. The molecule has 0 aliphatic carbocycles. The summed E-state index contributed by atoms with van der Waals surface area (Å²) in [7, 11) is 0. The van der Waals surface area contributed by atoms with E-state index < -0.39 is 6.10 Å². The van der Waals surface area contributed by atoms with E-state index in [1.165, 1.54) is 0 Å². The standard InChI is InChI=1S/C9H14N2O3/c1-7(12)6-14-11-9(13)8-3-2-4-10-5-8/h2-4,7,10,12H,5-6H2,1H3,(H,11,13). The smallest absolute Gasteiger partial charge is 0.272 e. The third-order valence-electron chi connectivity index (χ3n) is 1.59. The molecule has 5 nitrogen and oxygen atoms in total. The number of hydroxylamine groups is 1. The summed E-state index contributed by atoms with van der Waals surface area (Å²) in [5, 5.41) is 11.8. The Morgan fingerprint density at radius 3 is 3.21 bits per heavy atom. The average Bonchev–Trinajstić information content (AvgIpc) is 2.18. The van der Waals surface area contributed by atoms with E-state index >= 15 is 0 Å². The van der Waals surface area contributed by atoms with E-state index in [0.29, 0.717) is 12.1 Å². The fraction of sp³-hybridized carbons (Fsp3) is 0.444. The van der Waals surface area contributed by atoms with Gasteiger partial charge in [-0.3, -0.25) is 9.63 Å². The van der Waals surface area contributed by atoms with E-state index in [0.717, 1.165) is 0 Å². The van der Waals surface area contributed by atoms with Gasteiger partial charge in [-0.05, 0) is 19.2 Å². The molecule has 14 heavy (non-hydrogen) atoms. The van der Waals surface area contributed by atoms with E-state index in [-0.39, 0.29) is 12.5 Å².